The molecule has 2 amide bonds. The number of nitrogens with zero attached hydrogens (tertiary/aromatic N) is 5. The SMILES string of the molecule is C[C@H](CO)N1C(=O)[C@@H]2[C@H]3C(=O)OCC=C[C@H]3O[C@@]23C=CCN(Cn2nnc4ccccc42)C(=O)C13. The normalized spacial score (nSPS) is 32.8. The minimum atomic E-state index is -1.35. The van der Waals surface area contributed by atoms with Crippen LogP contribution in [0, 0.1) is 11.8 Å². The Hall–Kier alpha value is -3.57. The van der Waals surface area contributed by atoms with Crippen molar-refractivity contribution in [3.05, 3.63) is 48.6 Å². The number of ether oxygens (including phenoxy) is 2. The van der Waals surface area contributed by atoms with Crippen LogP contribution < -0.4 is 0 Å². The molecule has 1 aromatic carbocycles. The van der Waals surface area contributed by atoms with Gasteiger partial charge in [0.05, 0.1) is 30.2 Å². The molecule has 2 saturated heterocycles. The number of hydrogen-bond donors (Lipinski definition) is 1. The van der Waals surface area contributed by atoms with E-state index in [1.54, 1.807) is 40.8 Å². The van der Waals surface area contributed by atoms with Crippen molar-refractivity contribution in [3.63, 3.8) is 0 Å². The lowest BCUT2D eigenvalue weighted by Crippen LogP contribution is -2.57. The molecule has 0 aliphatic carbocycles. The molecule has 11 nitrogen and oxygen atoms in total. The fraction of sp³-hybridized carbons (Fsp3) is 0.458. The number of carbonyl (C=O) groups is 3. The lowest BCUT2D eigenvalue weighted by atomic mass is 9.78. The second-order valence-corrected chi connectivity index (χ2v) is 9.36. The molecule has 6 rings (SSSR count). The number of aliphatic hydroxyl groups is 1. The molecule has 4 aliphatic rings. The Morgan fingerprint density at radius 3 is 2.86 bits per heavy atom. The Balaban J connectivity index is 1.42. The first-order chi connectivity index (χ1) is 17.0. The molecule has 1 unspecified atom stereocenters. The Kier molecular flexibility index (Phi) is 5.01. The molecule has 11 heteroatoms. The maximum Gasteiger partial charge on any atom is 0.313 e. The van der Waals surface area contributed by atoms with E-state index >= 15 is 0 Å². The van der Waals surface area contributed by atoms with Crippen molar-refractivity contribution in [1.82, 2.24) is 24.8 Å². The van der Waals surface area contributed by atoms with Gasteiger partial charge in [-0.2, -0.15) is 0 Å². The van der Waals surface area contributed by atoms with Crippen LogP contribution in [-0.4, -0.2) is 91.2 Å². The minimum Gasteiger partial charge on any atom is -0.461 e. The summed E-state index contributed by atoms with van der Waals surface area (Å²) in [7, 11) is 0. The summed E-state index contributed by atoms with van der Waals surface area (Å²) in [4.78, 5) is 43.7. The third-order valence-electron chi connectivity index (χ3n) is 7.40. The molecule has 2 fully saturated rings. The average molecular weight is 479 g/mol. The first kappa shape index (κ1) is 21.9. The number of cyclic esters (lactones) is 1. The van der Waals surface area contributed by atoms with Gasteiger partial charge in [-0.15, -0.1) is 5.10 Å². The van der Waals surface area contributed by atoms with E-state index in [2.05, 4.69) is 10.3 Å². The highest BCUT2D eigenvalue weighted by molar-refractivity contribution is 5.99. The largest absolute Gasteiger partial charge is 0.461 e. The zero-order valence-corrected chi connectivity index (χ0v) is 19.1. The van der Waals surface area contributed by atoms with E-state index < -0.39 is 47.5 Å². The lowest BCUT2D eigenvalue weighted by molar-refractivity contribution is -0.155. The van der Waals surface area contributed by atoms with E-state index in [9.17, 15) is 19.5 Å². The Morgan fingerprint density at radius 2 is 2.03 bits per heavy atom. The van der Waals surface area contributed by atoms with Crippen molar-refractivity contribution in [1.29, 1.82) is 0 Å². The molecule has 1 N–H and O–H groups in total. The second-order valence-electron chi connectivity index (χ2n) is 9.36. The van der Waals surface area contributed by atoms with Crippen molar-refractivity contribution >= 4 is 28.8 Å². The molecule has 1 spiro atoms. The fourth-order valence-electron chi connectivity index (χ4n) is 5.83. The van der Waals surface area contributed by atoms with Crippen molar-refractivity contribution in [2.75, 3.05) is 19.8 Å². The molecule has 0 saturated carbocycles. The number of esters is 1. The maximum atomic E-state index is 14.1. The number of carbonyl (C=O) groups excluding carboxylic acids is 3. The highest BCUT2D eigenvalue weighted by Crippen LogP contribution is 2.53. The summed E-state index contributed by atoms with van der Waals surface area (Å²) in [5, 5.41) is 18.3. The molecule has 182 valence electrons. The van der Waals surface area contributed by atoms with Crippen molar-refractivity contribution in [2.45, 2.75) is 37.4 Å². The van der Waals surface area contributed by atoms with Gasteiger partial charge in [0.15, 0.2) is 0 Å². The van der Waals surface area contributed by atoms with Crippen LogP contribution in [0.2, 0.25) is 0 Å². The number of amides is 2. The molecular weight excluding hydrogens is 454 g/mol. The number of aliphatic hydroxyl groups excluding tert-OH is 1. The van der Waals surface area contributed by atoms with Gasteiger partial charge in [-0.25, -0.2) is 4.68 Å². The first-order valence-electron chi connectivity index (χ1n) is 11.6. The van der Waals surface area contributed by atoms with E-state index in [-0.39, 0.29) is 32.3 Å². The number of likely N-dealkylation sites (tertiary alicyclic amines) is 1. The second kappa shape index (κ2) is 7.99. The summed E-state index contributed by atoms with van der Waals surface area (Å²) < 4.78 is 13.4. The number of hydrogen-bond acceptors (Lipinski definition) is 8. The van der Waals surface area contributed by atoms with Crippen LogP contribution in [0.3, 0.4) is 0 Å². The molecule has 2 aromatic rings. The van der Waals surface area contributed by atoms with Crippen LogP contribution in [0.5, 0.6) is 0 Å². The van der Waals surface area contributed by atoms with Gasteiger partial charge < -0.3 is 24.4 Å². The van der Waals surface area contributed by atoms with E-state index in [0.29, 0.717) is 5.52 Å². The number of fused-ring (bicyclic) bond motifs is 3. The smallest absolute Gasteiger partial charge is 0.313 e. The van der Waals surface area contributed by atoms with Crippen LogP contribution >= 0.6 is 0 Å². The van der Waals surface area contributed by atoms with Gasteiger partial charge in [-0.3, -0.25) is 14.4 Å². The monoisotopic (exact) mass is 479 g/mol. The molecule has 4 aliphatic heterocycles. The topological polar surface area (TPSA) is 127 Å². The van der Waals surface area contributed by atoms with Crippen LogP contribution in [0.4, 0.5) is 0 Å². The van der Waals surface area contributed by atoms with E-state index in [1.165, 1.54) is 4.90 Å². The quantitative estimate of drug-likeness (QED) is 0.474. The van der Waals surface area contributed by atoms with Gasteiger partial charge in [0, 0.05) is 6.54 Å². The lowest BCUT2D eigenvalue weighted by Gasteiger charge is -2.37. The van der Waals surface area contributed by atoms with Crippen molar-refractivity contribution < 1.29 is 29.0 Å². The van der Waals surface area contributed by atoms with Crippen LogP contribution in [-0.2, 0) is 30.5 Å². The standard InChI is InChI=1S/C24H25N5O6/c1-14(12-30)29-20-22(32)27(13-28-16-7-3-2-6-15(16)25-26-28)10-5-9-24(20)19(21(29)31)18-17(35-24)8-4-11-34-23(18)33/h2-9,14,17-20,30H,10-13H2,1H3/t14-,17-,18+,19+,20?,24+/m1/s1. The Morgan fingerprint density at radius 1 is 1.20 bits per heavy atom. The maximum absolute atomic E-state index is 14.1. The van der Waals surface area contributed by atoms with Gasteiger partial charge in [0.2, 0.25) is 5.91 Å². The summed E-state index contributed by atoms with van der Waals surface area (Å²) in [5.41, 5.74) is 0.127. The molecule has 1 aromatic heterocycles. The Labute approximate surface area is 200 Å². The van der Waals surface area contributed by atoms with Gasteiger partial charge in [0.25, 0.3) is 5.91 Å². The molecule has 5 heterocycles. The van der Waals surface area contributed by atoms with E-state index in [1.807, 2.05) is 24.3 Å². The highest BCUT2D eigenvalue weighted by Gasteiger charge is 2.72. The summed E-state index contributed by atoms with van der Waals surface area (Å²) >= 11 is 0. The summed E-state index contributed by atoms with van der Waals surface area (Å²) in [6.45, 7) is 1.82. The third kappa shape index (κ3) is 3.08. The van der Waals surface area contributed by atoms with Gasteiger partial charge in [-0.05, 0) is 25.1 Å². The van der Waals surface area contributed by atoms with Gasteiger partial charge in [0.1, 0.15) is 36.4 Å². The van der Waals surface area contributed by atoms with Crippen LogP contribution in [0.1, 0.15) is 6.92 Å². The first-order valence-corrected chi connectivity index (χ1v) is 11.6. The number of benzene rings is 1. The molecular formula is C24H25N5O6. The van der Waals surface area contributed by atoms with Crippen molar-refractivity contribution in [2.24, 2.45) is 11.8 Å². The van der Waals surface area contributed by atoms with E-state index in [0.717, 1.165) is 5.52 Å². The van der Waals surface area contributed by atoms with Gasteiger partial charge in [-0.1, -0.05) is 35.6 Å². The Bertz CT molecular complexity index is 1270. The van der Waals surface area contributed by atoms with Crippen molar-refractivity contribution in [3.8, 4) is 0 Å². The predicted molar refractivity (Wildman–Crippen MR) is 120 cm³/mol. The van der Waals surface area contributed by atoms with E-state index in [4.69, 9.17) is 9.47 Å². The number of para-hydroxylation sites is 1. The third-order valence-corrected chi connectivity index (χ3v) is 7.40. The zero-order chi connectivity index (χ0) is 24.3. The highest BCUT2D eigenvalue weighted by atomic mass is 16.6. The van der Waals surface area contributed by atoms with Gasteiger partial charge >= 0.3 is 5.97 Å². The molecule has 0 bridgehead atoms. The number of aromatic nitrogens is 3. The molecule has 0 radical (unpaired) electrons. The number of rotatable bonds is 4. The fourth-order valence-corrected chi connectivity index (χ4v) is 5.83. The zero-order valence-electron chi connectivity index (χ0n) is 19.1. The summed E-state index contributed by atoms with van der Waals surface area (Å²) in [5.74, 6) is -3.08. The van der Waals surface area contributed by atoms with Crippen LogP contribution in [0.25, 0.3) is 11.0 Å². The summed E-state index contributed by atoms with van der Waals surface area (Å²) in [6.07, 6.45) is 6.28. The molecule has 35 heavy (non-hydrogen) atoms. The summed E-state index contributed by atoms with van der Waals surface area (Å²) in [6, 6.07) is 5.74. The molecule has 6 atom stereocenters. The van der Waals surface area contributed by atoms with Crippen LogP contribution in [0.15, 0.2) is 48.6 Å². The predicted octanol–water partition coefficient (Wildman–Crippen LogP) is -0.138. The minimum absolute atomic E-state index is 0.109. The average Bonchev–Trinajstić information content (AvgIpc) is 3.41.